The van der Waals surface area contributed by atoms with Crippen molar-refractivity contribution in [2.45, 2.75) is 43.7 Å². The van der Waals surface area contributed by atoms with E-state index in [1.54, 1.807) is 0 Å². The summed E-state index contributed by atoms with van der Waals surface area (Å²) in [5, 5.41) is 55.7. The van der Waals surface area contributed by atoms with E-state index in [1.165, 1.54) is 31.1 Å². The minimum atomic E-state index is -2.74. The van der Waals surface area contributed by atoms with Crippen molar-refractivity contribution in [3.05, 3.63) is 40.2 Å². The normalized spacial score (nSPS) is 26.2. The molecule has 0 aromatic heterocycles. The second-order valence-corrected chi connectivity index (χ2v) is 10.3. The number of hydrogen-bond donors (Lipinski definition) is 7. The lowest BCUT2D eigenvalue weighted by molar-refractivity contribution is -0.153. The summed E-state index contributed by atoms with van der Waals surface area (Å²) in [6, 6.07) is 1.77. The van der Waals surface area contributed by atoms with Crippen molar-refractivity contribution in [1.82, 2.24) is 4.90 Å². The summed E-state index contributed by atoms with van der Waals surface area (Å²) in [5.74, 6) is -9.20. The van der Waals surface area contributed by atoms with Crippen LogP contribution in [-0.4, -0.2) is 85.5 Å². The van der Waals surface area contributed by atoms with Crippen molar-refractivity contribution >= 4 is 40.8 Å². The molecule has 3 aliphatic carbocycles. The Morgan fingerprint density at radius 1 is 1.13 bits per heavy atom. The number of amides is 2. The number of rotatable bonds is 7. The number of nitrogens with zero attached hydrogens (tertiary/aromatic N) is 1. The number of carbonyl (C=O) groups excluding carboxylic acids is 4. The number of carbonyl (C=O) groups is 5. The Hall–Kier alpha value is -4.23. The van der Waals surface area contributed by atoms with Gasteiger partial charge in [0.1, 0.15) is 22.8 Å². The Balaban J connectivity index is 1.78. The van der Waals surface area contributed by atoms with Crippen LogP contribution in [-0.2, 0) is 30.4 Å². The Bertz CT molecular complexity index is 1380. The molecule has 3 aliphatic rings. The average molecular weight is 544 g/mol. The van der Waals surface area contributed by atoms with Crippen LogP contribution < -0.4 is 11.1 Å². The predicted octanol–water partition coefficient (Wildman–Crippen LogP) is 0.157. The van der Waals surface area contributed by atoms with Gasteiger partial charge in [0.05, 0.1) is 17.3 Å². The molecule has 13 nitrogen and oxygen atoms in total. The summed E-state index contributed by atoms with van der Waals surface area (Å²) in [6.07, 6.45) is -0.199. The molecule has 1 saturated carbocycles. The second kappa shape index (κ2) is 9.82. The van der Waals surface area contributed by atoms with Crippen molar-refractivity contribution in [1.29, 1.82) is 0 Å². The van der Waals surface area contributed by atoms with Gasteiger partial charge in [-0.25, -0.2) is 0 Å². The number of aliphatic carboxylic acids is 1. The van der Waals surface area contributed by atoms with Gasteiger partial charge in [-0.2, -0.15) is 0 Å². The number of primary amides is 1. The van der Waals surface area contributed by atoms with Gasteiger partial charge in [0.15, 0.2) is 11.4 Å². The van der Waals surface area contributed by atoms with Gasteiger partial charge in [-0.05, 0) is 50.9 Å². The van der Waals surface area contributed by atoms with Gasteiger partial charge in [0.2, 0.25) is 11.7 Å². The number of benzene rings is 1. The molecule has 1 aromatic rings. The van der Waals surface area contributed by atoms with E-state index in [0.717, 1.165) is 0 Å². The van der Waals surface area contributed by atoms with Gasteiger partial charge in [-0.1, -0.05) is 6.07 Å². The first-order chi connectivity index (χ1) is 18.2. The maximum Gasteiger partial charge on any atom is 0.303 e. The molecular weight excluding hydrogens is 514 g/mol. The van der Waals surface area contributed by atoms with Crippen LogP contribution in [0.15, 0.2) is 29.0 Å². The van der Waals surface area contributed by atoms with E-state index >= 15 is 0 Å². The molecule has 13 heteroatoms. The minimum Gasteiger partial charge on any atom is -0.508 e. The summed E-state index contributed by atoms with van der Waals surface area (Å²) in [5.41, 5.74) is 1.55. The second-order valence-electron chi connectivity index (χ2n) is 10.3. The van der Waals surface area contributed by atoms with Gasteiger partial charge < -0.3 is 36.6 Å². The van der Waals surface area contributed by atoms with Crippen molar-refractivity contribution < 1.29 is 49.5 Å². The van der Waals surface area contributed by atoms with Gasteiger partial charge in [0, 0.05) is 24.3 Å². The molecule has 4 unspecified atom stereocenters. The zero-order valence-electron chi connectivity index (χ0n) is 21.2. The molecule has 0 radical (unpaired) electrons. The fraction of sp³-hybridized carbons (Fsp3) is 0.423. The van der Waals surface area contributed by atoms with Crippen LogP contribution in [0, 0.1) is 11.8 Å². The first-order valence-corrected chi connectivity index (χ1v) is 12.2. The number of carboxylic acids is 1. The van der Waals surface area contributed by atoms with Gasteiger partial charge in [-0.3, -0.25) is 28.9 Å². The summed E-state index contributed by atoms with van der Waals surface area (Å²) in [7, 11) is 3.03. The lowest BCUT2D eigenvalue weighted by Gasteiger charge is -2.50. The lowest BCUT2D eigenvalue weighted by Crippen LogP contribution is -2.65. The maximum absolute atomic E-state index is 13.8. The number of nitrogens with one attached hydrogen (secondary N) is 1. The van der Waals surface area contributed by atoms with Crippen molar-refractivity contribution in [3.63, 3.8) is 0 Å². The number of phenols is 1. The number of likely N-dealkylation sites (N-methyl/N-ethyl adjacent to an activating group) is 1. The number of nitrogens with two attached hydrogens (primary N) is 1. The number of aromatic hydroxyl groups is 1. The highest BCUT2D eigenvalue weighted by Gasteiger charge is 2.64. The van der Waals surface area contributed by atoms with Crippen LogP contribution in [0.4, 0.5) is 5.69 Å². The molecule has 0 spiro atoms. The highest BCUT2D eigenvalue weighted by molar-refractivity contribution is 6.24. The molecule has 8 N–H and O–H groups in total. The summed E-state index contributed by atoms with van der Waals surface area (Å²) in [4.78, 5) is 63.2. The number of aliphatic hydroxyl groups is 3. The number of anilines is 1. The zero-order chi connectivity index (χ0) is 29.0. The summed E-state index contributed by atoms with van der Waals surface area (Å²) in [6.45, 7) is 0. The van der Waals surface area contributed by atoms with Crippen molar-refractivity contribution in [3.8, 4) is 5.75 Å². The third kappa shape index (κ3) is 4.33. The number of hydrogen-bond acceptors (Lipinski definition) is 10. The molecule has 4 rings (SSSR count). The largest absolute Gasteiger partial charge is 0.508 e. The van der Waals surface area contributed by atoms with Gasteiger partial charge in [-0.15, -0.1) is 0 Å². The van der Waals surface area contributed by atoms with Crippen LogP contribution in [0.1, 0.15) is 36.8 Å². The van der Waals surface area contributed by atoms with Crippen LogP contribution in [0.2, 0.25) is 0 Å². The van der Waals surface area contributed by atoms with E-state index in [-0.39, 0.29) is 48.9 Å². The molecule has 4 atom stereocenters. The van der Waals surface area contributed by atoms with Crippen LogP contribution >= 0.6 is 0 Å². The molecule has 0 saturated heterocycles. The van der Waals surface area contributed by atoms with Gasteiger partial charge >= 0.3 is 5.97 Å². The Labute approximate surface area is 222 Å². The number of fused-ring (bicyclic) bond motifs is 3. The third-order valence-corrected chi connectivity index (χ3v) is 7.66. The molecule has 0 bridgehead atoms. The SMILES string of the molecule is CN(C)C1C(=O)C(C(N)=O)=C(O)C2(O)C(=O)C3=C(O)c4c(ccc(NC(=O)CCCC(=O)O)c4O)CC3CC12. The van der Waals surface area contributed by atoms with Crippen LogP contribution in [0.5, 0.6) is 5.75 Å². The highest BCUT2D eigenvalue weighted by atomic mass is 16.4. The van der Waals surface area contributed by atoms with E-state index in [1.807, 2.05) is 0 Å². The summed E-state index contributed by atoms with van der Waals surface area (Å²) < 4.78 is 0. The van der Waals surface area contributed by atoms with Crippen molar-refractivity contribution in [2.24, 2.45) is 17.6 Å². The molecule has 2 amide bonds. The predicted molar refractivity (Wildman–Crippen MR) is 134 cm³/mol. The monoisotopic (exact) mass is 543 g/mol. The summed E-state index contributed by atoms with van der Waals surface area (Å²) >= 11 is 0. The number of Topliss-reactive ketones (excluding diaryl/α,β-unsaturated/α-hetero) is 2. The molecule has 0 aliphatic heterocycles. The molecular formula is C26H29N3O10. The first kappa shape index (κ1) is 27.8. The Morgan fingerprint density at radius 3 is 2.38 bits per heavy atom. The maximum atomic E-state index is 13.8. The minimum absolute atomic E-state index is 0.0331. The smallest absolute Gasteiger partial charge is 0.303 e. The molecule has 208 valence electrons. The first-order valence-electron chi connectivity index (χ1n) is 12.2. The molecule has 1 aromatic carbocycles. The van der Waals surface area contributed by atoms with E-state index < -0.39 is 75.7 Å². The Morgan fingerprint density at radius 2 is 1.79 bits per heavy atom. The quantitative estimate of drug-likeness (QED) is 0.181. The number of carboxylic acid groups (broad SMARTS) is 1. The van der Waals surface area contributed by atoms with Crippen LogP contribution in [0.3, 0.4) is 0 Å². The van der Waals surface area contributed by atoms with E-state index in [2.05, 4.69) is 5.32 Å². The number of ketones is 2. The van der Waals surface area contributed by atoms with E-state index in [0.29, 0.717) is 5.56 Å². The van der Waals surface area contributed by atoms with Gasteiger partial charge in [0.25, 0.3) is 5.91 Å². The standard InChI is InChI=1S/C26H29N3O10/c1-29(2)19-12-9-11-8-10-6-7-13(28-14(30)4-3-5-15(31)32)20(33)16(10)21(34)17(11)23(36)26(12,39)24(37)18(22(19)35)25(27)38/h6-7,11-12,19,33-34,37,39H,3-5,8-9H2,1-2H3,(H2,27,38)(H,28,30)(H,31,32). The topological polar surface area (TPSA) is 228 Å². The van der Waals surface area contributed by atoms with E-state index in [4.69, 9.17) is 10.8 Å². The average Bonchev–Trinajstić information content (AvgIpc) is 2.82. The molecule has 39 heavy (non-hydrogen) atoms. The highest BCUT2D eigenvalue weighted by Crippen LogP contribution is 2.53. The zero-order valence-corrected chi connectivity index (χ0v) is 21.2. The fourth-order valence-electron chi connectivity index (χ4n) is 5.93. The number of aliphatic hydroxyl groups excluding tert-OH is 2. The van der Waals surface area contributed by atoms with Crippen LogP contribution in [0.25, 0.3) is 5.76 Å². The van der Waals surface area contributed by atoms with E-state index in [9.17, 15) is 44.4 Å². The van der Waals surface area contributed by atoms with Crippen molar-refractivity contribution in [2.75, 3.05) is 19.4 Å². The third-order valence-electron chi connectivity index (χ3n) is 7.66. The number of phenolic OH excluding ortho intramolecular Hbond substituents is 1. The fourth-order valence-corrected chi connectivity index (χ4v) is 5.93. The Kier molecular flexibility index (Phi) is 7.00. The lowest BCUT2D eigenvalue weighted by atomic mass is 9.57. The molecule has 1 fully saturated rings. The molecule has 0 heterocycles.